The van der Waals surface area contributed by atoms with Gasteiger partial charge in [-0.1, -0.05) is 271 Å². The molecule has 0 saturated heterocycles. The molecule has 0 radical (unpaired) electrons. The van der Waals surface area contributed by atoms with Gasteiger partial charge in [0.1, 0.15) is 13.2 Å². The van der Waals surface area contributed by atoms with E-state index in [-0.39, 0.29) is 31.1 Å². The fourth-order valence-electron chi connectivity index (χ4n) is 8.98. The van der Waals surface area contributed by atoms with Gasteiger partial charge < -0.3 is 14.2 Å². The van der Waals surface area contributed by atoms with Crippen LogP contribution in [-0.2, 0) is 28.6 Å². The Bertz CT molecular complexity index is 1640. The minimum absolute atomic E-state index is 0.0934. The molecule has 0 amide bonds. The smallest absolute Gasteiger partial charge is 0.306 e. The predicted molar refractivity (Wildman–Crippen MR) is 343 cm³/mol. The average Bonchev–Trinajstić information content (AvgIpc) is 3.45. The first-order valence-corrected chi connectivity index (χ1v) is 33.0. The van der Waals surface area contributed by atoms with E-state index in [0.29, 0.717) is 19.3 Å². The van der Waals surface area contributed by atoms with Crippen LogP contribution in [0.2, 0.25) is 0 Å². The first-order chi connectivity index (χ1) is 39.0. The molecular weight excluding hydrogens is 973 g/mol. The third-order valence-electron chi connectivity index (χ3n) is 13.9. The van der Waals surface area contributed by atoms with E-state index in [1.54, 1.807) is 0 Å². The Kier molecular flexibility index (Phi) is 62.8. The van der Waals surface area contributed by atoms with Crippen LogP contribution in [-0.4, -0.2) is 37.2 Å². The number of allylic oxidation sites excluding steroid dienone is 20. The second-order valence-electron chi connectivity index (χ2n) is 21.6. The lowest BCUT2D eigenvalue weighted by Crippen LogP contribution is -2.30. The summed E-state index contributed by atoms with van der Waals surface area (Å²) in [6, 6.07) is 0. The number of hydrogen-bond donors (Lipinski definition) is 0. The van der Waals surface area contributed by atoms with Crippen molar-refractivity contribution in [3.05, 3.63) is 122 Å². The predicted octanol–water partition coefficient (Wildman–Crippen LogP) is 22.8. The number of rotatable bonds is 59. The van der Waals surface area contributed by atoms with Crippen molar-refractivity contribution >= 4 is 17.9 Å². The molecular formula is C73H122O6. The maximum Gasteiger partial charge on any atom is 0.306 e. The minimum atomic E-state index is -0.799. The molecule has 0 aliphatic carbocycles. The van der Waals surface area contributed by atoms with E-state index in [1.165, 1.54) is 122 Å². The summed E-state index contributed by atoms with van der Waals surface area (Å²) in [6.45, 7) is 6.50. The van der Waals surface area contributed by atoms with Crippen molar-refractivity contribution in [3.8, 4) is 0 Å². The SMILES string of the molecule is CC/C=C\C/C=C\C/C=C\C/C=C\C/C=C\C/C=C\C/C=C\CCCCCCCC(=O)OCC(COC(=O)CCCCCCC/C=C\CCCCCCCCC)OC(=O)CCCCCCCCC/C=C\C/C=C\CCCCCC. The monoisotopic (exact) mass is 1090 g/mol. The number of esters is 3. The summed E-state index contributed by atoms with van der Waals surface area (Å²) in [7, 11) is 0. The Balaban J connectivity index is 4.43. The lowest BCUT2D eigenvalue weighted by atomic mass is 10.1. The molecule has 0 aliphatic rings. The van der Waals surface area contributed by atoms with E-state index >= 15 is 0 Å². The molecule has 0 fully saturated rings. The Hall–Kier alpha value is -4.19. The highest BCUT2D eigenvalue weighted by molar-refractivity contribution is 5.71. The Morgan fingerprint density at radius 2 is 0.494 bits per heavy atom. The second-order valence-corrected chi connectivity index (χ2v) is 21.6. The summed E-state index contributed by atoms with van der Waals surface area (Å²) in [5.41, 5.74) is 0. The van der Waals surface area contributed by atoms with Crippen LogP contribution in [0, 0.1) is 0 Å². The van der Waals surface area contributed by atoms with Crippen LogP contribution in [0.4, 0.5) is 0 Å². The van der Waals surface area contributed by atoms with Crippen molar-refractivity contribution in [1.29, 1.82) is 0 Å². The highest BCUT2D eigenvalue weighted by Crippen LogP contribution is 2.15. The van der Waals surface area contributed by atoms with Gasteiger partial charge >= 0.3 is 17.9 Å². The minimum Gasteiger partial charge on any atom is -0.462 e. The van der Waals surface area contributed by atoms with E-state index in [9.17, 15) is 14.4 Å². The summed E-state index contributed by atoms with van der Waals surface area (Å²) in [5.74, 6) is -0.922. The zero-order valence-electron chi connectivity index (χ0n) is 51.6. The van der Waals surface area contributed by atoms with Gasteiger partial charge in [-0.3, -0.25) is 14.4 Å². The Labute approximate surface area is 488 Å². The zero-order chi connectivity index (χ0) is 57.1. The van der Waals surface area contributed by atoms with Crippen molar-refractivity contribution in [2.75, 3.05) is 13.2 Å². The fourth-order valence-corrected chi connectivity index (χ4v) is 8.98. The zero-order valence-corrected chi connectivity index (χ0v) is 51.6. The van der Waals surface area contributed by atoms with Gasteiger partial charge in [-0.15, -0.1) is 0 Å². The topological polar surface area (TPSA) is 78.9 Å². The molecule has 0 aliphatic heterocycles. The Morgan fingerprint density at radius 1 is 0.266 bits per heavy atom. The van der Waals surface area contributed by atoms with Gasteiger partial charge in [-0.2, -0.15) is 0 Å². The average molecular weight is 1100 g/mol. The van der Waals surface area contributed by atoms with Crippen LogP contribution in [0.3, 0.4) is 0 Å². The number of carbonyl (C=O) groups excluding carboxylic acids is 3. The van der Waals surface area contributed by atoms with Gasteiger partial charge in [0.25, 0.3) is 0 Å². The van der Waals surface area contributed by atoms with Crippen molar-refractivity contribution < 1.29 is 28.6 Å². The van der Waals surface area contributed by atoms with E-state index < -0.39 is 6.10 Å². The molecule has 0 spiro atoms. The summed E-state index contributed by atoms with van der Waals surface area (Å²) in [6.07, 6.45) is 92.0. The fraction of sp³-hybridized carbons (Fsp3) is 0.685. The first-order valence-electron chi connectivity index (χ1n) is 33.0. The Morgan fingerprint density at radius 3 is 0.797 bits per heavy atom. The number of unbranched alkanes of at least 4 members (excludes halogenated alkanes) is 28. The summed E-state index contributed by atoms with van der Waals surface area (Å²) < 4.78 is 16.9. The van der Waals surface area contributed by atoms with E-state index in [4.69, 9.17) is 14.2 Å². The number of carbonyl (C=O) groups is 3. The van der Waals surface area contributed by atoms with Crippen LogP contribution < -0.4 is 0 Å². The van der Waals surface area contributed by atoms with Gasteiger partial charge in [0.2, 0.25) is 0 Å². The van der Waals surface area contributed by atoms with Crippen LogP contribution in [0.25, 0.3) is 0 Å². The van der Waals surface area contributed by atoms with Gasteiger partial charge in [0, 0.05) is 19.3 Å². The van der Waals surface area contributed by atoms with Crippen LogP contribution >= 0.6 is 0 Å². The van der Waals surface area contributed by atoms with Crippen LogP contribution in [0.5, 0.6) is 0 Å². The maximum atomic E-state index is 12.9. The third-order valence-corrected chi connectivity index (χ3v) is 13.9. The molecule has 0 N–H and O–H groups in total. The molecule has 0 saturated carbocycles. The highest BCUT2D eigenvalue weighted by atomic mass is 16.6. The lowest BCUT2D eigenvalue weighted by molar-refractivity contribution is -0.167. The molecule has 0 heterocycles. The molecule has 1 atom stereocenters. The molecule has 0 bridgehead atoms. The normalized spacial score (nSPS) is 12.9. The van der Waals surface area contributed by atoms with Crippen molar-refractivity contribution in [2.24, 2.45) is 0 Å². The molecule has 79 heavy (non-hydrogen) atoms. The number of hydrogen-bond acceptors (Lipinski definition) is 6. The van der Waals surface area contributed by atoms with Gasteiger partial charge in [-0.25, -0.2) is 0 Å². The summed E-state index contributed by atoms with van der Waals surface area (Å²) in [5, 5.41) is 0. The van der Waals surface area contributed by atoms with Crippen LogP contribution in [0.15, 0.2) is 122 Å². The quantitative estimate of drug-likeness (QED) is 0.0261. The van der Waals surface area contributed by atoms with Gasteiger partial charge in [0.05, 0.1) is 0 Å². The first kappa shape index (κ1) is 74.8. The van der Waals surface area contributed by atoms with Crippen molar-refractivity contribution in [2.45, 2.75) is 309 Å². The standard InChI is InChI=1S/C73H122O6/c1-4-7-10-13-16-19-22-25-28-31-33-34-35-36-37-38-39-40-41-43-45-48-51-54-57-60-63-66-72(75)78-69-70(68-77-71(74)65-62-59-56-53-50-47-44-30-27-24-21-18-15-12-9-6-3)79-73(76)67-64-61-58-55-52-49-46-42-32-29-26-23-20-17-14-11-8-5-2/h7,10,16,19-20,23,25,28-30,32-34,36-37,39-40,43-45,70H,4-6,8-9,11-15,17-18,21-22,24,26-27,31,35,38,41-42,46-69H2,1-3H3/b10-7-,19-16-,23-20-,28-25-,32-29-,34-33-,37-36-,40-39-,44-30-,45-43-. The highest BCUT2D eigenvalue weighted by Gasteiger charge is 2.19. The lowest BCUT2D eigenvalue weighted by Gasteiger charge is -2.18. The maximum absolute atomic E-state index is 12.9. The molecule has 0 aromatic carbocycles. The number of ether oxygens (including phenoxy) is 3. The molecule has 0 aromatic heterocycles. The van der Waals surface area contributed by atoms with Crippen molar-refractivity contribution in [3.63, 3.8) is 0 Å². The molecule has 1 unspecified atom stereocenters. The molecule has 0 rings (SSSR count). The summed E-state index contributed by atoms with van der Waals surface area (Å²) in [4.78, 5) is 38.4. The van der Waals surface area contributed by atoms with E-state index in [1.807, 2.05) is 0 Å². The van der Waals surface area contributed by atoms with E-state index in [2.05, 4.69) is 142 Å². The third kappa shape index (κ3) is 64.5. The van der Waals surface area contributed by atoms with Gasteiger partial charge in [0.15, 0.2) is 6.10 Å². The molecule has 0 aromatic rings. The second kappa shape index (κ2) is 66.3. The molecule has 6 nitrogen and oxygen atoms in total. The van der Waals surface area contributed by atoms with Gasteiger partial charge in [-0.05, 0) is 135 Å². The molecule has 450 valence electrons. The largest absolute Gasteiger partial charge is 0.462 e. The summed E-state index contributed by atoms with van der Waals surface area (Å²) >= 11 is 0. The molecule has 6 heteroatoms. The van der Waals surface area contributed by atoms with Crippen LogP contribution in [0.1, 0.15) is 303 Å². The van der Waals surface area contributed by atoms with Crippen molar-refractivity contribution in [1.82, 2.24) is 0 Å². The van der Waals surface area contributed by atoms with E-state index in [0.717, 1.165) is 141 Å².